The number of hydrogen-bond donors (Lipinski definition) is 2. The van der Waals surface area contributed by atoms with Gasteiger partial charge in [0, 0.05) is 80.3 Å². The van der Waals surface area contributed by atoms with Gasteiger partial charge >= 0.3 is 5.97 Å². The molecule has 3 N–H and O–H groups in total. The molecule has 6 rings (SSSR count). The predicted molar refractivity (Wildman–Crippen MR) is 298 cm³/mol. The van der Waals surface area contributed by atoms with Crippen molar-refractivity contribution in [2.45, 2.75) is 62.5 Å². The first-order valence-corrected chi connectivity index (χ1v) is 29.8. The number of nitrogens with one attached hydrogen (secondary N) is 1. The maximum atomic E-state index is 14.0. The summed E-state index contributed by atoms with van der Waals surface area (Å²) in [5.74, 6) is -9.91. The Morgan fingerprint density at radius 3 is 1.74 bits per heavy atom. The quantitative estimate of drug-likeness (QED) is 0.0203. The second-order valence-corrected chi connectivity index (χ2v) is 21.2. The first-order chi connectivity index (χ1) is 41.6. The summed E-state index contributed by atoms with van der Waals surface area (Å²) in [7, 11) is -4.02. The molecular formula is C56H77F4N7O18S. The fourth-order valence-electron chi connectivity index (χ4n) is 8.43. The van der Waals surface area contributed by atoms with Crippen LogP contribution in [0.2, 0.25) is 0 Å². The number of amidine groups is 1. The smallest absolute Gasteiger partial charge is 0.313 e. The lowest BCUT2D eigenvalue weighted by Gasteiger charge is -2.33. The molecule has 0 bridgehead atoms. The lowest BCUT2D eigenvalue weighted by atomic mass is 10.1. The van der Waals surface area contributed by atoms with Gasteiger partial charge in [-0.3, -0.25) is 29.2 Å². The molecule has 4 heterocycles. The highest BCUT2D eigenvalue weighted by Crippen LogP contribution is 2.44. The molecule has 1 aromatic carbocycles. The van der Waals surface area contributed by atoms with Crippen LogP contribution in [0.15, 0.2) is 52.3 Å². The largest absolute Gasteiger partial charge is 0.420 e. The highest BCUT2D eigenvalue weighted by molar-refractivity contribution is 7.89. The number of sulfonamides is 1. The zero-order valence-corrected chi connectivity index (χ0v) is 49.2. The van der Waals surface area contributed by atoms with E-state index >= 15 is 0 Å². The summed E-state index contributed by atoms with van der Waals surface area (Å²) in [6, 6.07) is 2.90. The third kappa shape index (κ3) is 22.8. The van der Waals surface area contributed by atoms with E-state index in [0.717, 1.165) is 0 Å². The Morgan fingerprint density at radius 2 is 1.22 bits per heavy atom. The van der Waals surface area contributed by atoms with Gasteiger partial charge in [0.05, 0.1) is 169 Å². The lowest BCUT2D eigenvalue weighted by molar-refractivity contribution is -0.180. The van der Waals surface area contributed by atoms with E-state index in [1.165, 1.54) is 27.8 Å². The van der Waals surface area contributed by atoms with Crippen molar-refractivity contribution in [3.63, 3.8) is 0 Å². The van der Waals surface area contributed by atoms with Crippen molar-refractivity contribution in [1.82, 2.24) is 24.7 Å². The van der Waals surface area contributed by atoms with Gasteiger partial charge in [-0.1, -0.05) is 6.92 Å². The highest BCUT2D eigenvalue weighted by atomic mass is 32.2. The molecule has 3 aromatic rings. The number of carbonyl (C=O) groups excluding carboxylic acids is 3. The van der Waals surface area contributed by atoms with Gasteiger partial charge in [0.15, 0.2) is 11.6 Å². The number of nitrogens with two attached hydrogens (primary N) is 1. The highest BCUT2D eigenvalue weighted by Gasteiger charge is 2.60. The Morgan fingerprint density at radius 1 is 0.709 bits per heavy atom. The minimum Gasteiger partial charge on any atom is -0.420 e. The molecule has 2 amide bonds. The molecule has 2 atom stereocenters. The number of pyridine rings is 2. The van der Waals surface area contributed by atoms with Crippen molar-refractivity contribution in [1.29, 1.82) is 0 Å². The normalized spacial score (nSPS) is 16.8. The fourth-order valence-corrected chi connectivity index (χ4v) is 9.90. The second-order valence-electron chi connectivity index (χ2n) is 19.3. The number of nitrogens with zero attached hydrogens (tertiary/aromatic N) is 5. The van der Waals surface area contributed by atoms with Gasteiger partial charge in [-0.15, -0.1) is 0 Å². The SMILES string of the molecule is CCCN(OCC)C(=O)C1=Cc2ncc(-c3cncc(S(=O)(=O)N4CCOC5(C[C@H]5NC(=O)CCOCCOCCOCCOCCOCCOCCOCCOCCOCCOCCC(=O)Oc5c(F)c(F)cc(F)c5F)C4)c3)cc2N=C(N)C1. The van der Waals surface area contributed by atoms with Crippen LogP contribution in [-0.4, -0.2) is 228 Å². The number of ether oxygens (including phenoxy) is 12. The molecule has 2 aliphatic heterocycles. The number of benzene rings is 1. The predicted octanol–water partition coefficient (Wildman–Crippen LogP) is 3.87. The van der Waals surface area contributed by atoms with Gasteiger partial charge < -0.3 is 67.9 Å². The number of aromatic nitrogens is 2. The van der Waals surface area contributed by atoms with E-state index in [1.54, 1.807) is 25.3 Å². The maximum absolute atomic E-state index is 14.0. The van der Waals surface area contributed by atoms with E-state index in [4.69, 9.17) is 62.7 Å². The molecule has 86 heavy (non-hydrogen) atoms. The number of hydroxylamine groups is 2. The maximum Gasteiger partial charge on any atom is 0.313 e. The number of halogens is 4. The number of amides is 2. The van der Waals surface area contributed by atoms with Crippen LogP contribution in [0, 0.1) is 23.3 Å². The van der Waals surface area contributed by atoms with Crippen molar-refractivity contribution >= 4 is 45.4 Å². The summed E-state index contributed by atoms with van der Waals surface area (Å²) < 4.78 is 148. The Labute approximate surface area is 497 Å². The third-order valence-electron chi connectivity index (χ3n) is 12.8. The van der Waals surface area contributed by atoms with E-state index in [2.05, 4.69) is 25.0 Å². The zero-order chi connectivity index (χ0) is 61.6. The summed E-state index contributed by atoms with van der Waals surface area (Å²) in [5.41, 5.74) is 7.67. The molecule has 3 aliphatic rings. The summed E-state index contributed by atoms with van der Waals surface area (Å²) in [6.45, 7) is 10.9. The van der Waals surface area contributed by atoms with Gasteiger partial charge in [-0.25, -0.2) is 27.3 Å². The first-order valence-electron chi connectivity index (χ1n) is 28.3. The van der Waals surface area contributed by atoms with Gasteiger partial charge in [0.2, 0.25) is 33.3 Å². The van der Waals surface area contributed by atoms with E-state index < -0.39 is 57.0 Å². The van der Waals surface area contributed by atoms with Crippen LogP contribution in [0.3, 0.4) is 0 Å². The molecule has 478 valence electrons. The number of morpholine rings is 1. The molecule has 0 radical (unpaired) electrons. The molecule has 2 fully saturated rings. The number of fused-ring (bicyclic) bond motifs is 1. The van der Waals surface area contributed by atoms with Crippen LogP contribution >= 0.6 is 0 Å². The lowest BCUT2D eigenvalue weighted by Crippen LogP contribution is -2.50. The van der Waals surface area contributed by atoms with Crippen molar-refractivity contribution in [3.05, 3.63) is 71.3 Å². The van der Waals surface area contributed by atoms with Crippen molar-refractivity contribution in [2.24, 2.45) is 10.7 Å². The average Bonchev–Trinajstić information content (AvgIpc) is 1.64. The van der Waals surface area contributed by atoms with E-state index in [-0.39, 0.29) is 107 Å². The number of carbonyl (C=O) groups is 3. The topological polar surface area (TPSA) is 288 Å². The Hall–Kier alpha value is -5.71. The minimum absolute atomic E-state index is 0.0106. The van der Waals surface area contributed by atoms with Gasteiger partial charge in [0.25, 0.3) is 5.91 Å². The third-order valence-corrected chi connectivity index (χ3v) is 14.6. The van der Waals surface area contributed by atoms with E-state index in [0.29, 0.717) is 147 Å². The van der Waals surface area contributed by atoms with Crippen molar-refractivity contribution in [3.8, 4) is 16.9 Å². The van der Waals surface area contributed by atoms with Crippen LogP contribution in [-0.2, 0) is 81.3 Å². The first kappa shape index (κ1) is 69.4. The van der Waals surface area contributed by atoms with Crippen LogP contribution in [0.4, 0.5) is 23.2 Å². The summed E-state index contributed by atoms with van der Waals surface area (Å²) in [4.78, 5) is 56.7. The van der Waals surface area contributed by atoms with Crippen molar-refractivity contribution < 1.29 is 102 Å². The number of hydrogen-bond acceptors (Lipinski definition) is 22. The summed E-state index contributed by atoms with van der Waals surface area (Å²) in [5, 5.41) is 4.27. The van der Waals surface area contributed by atoms with Crippen LogP contribution in [0.1, 0.15) is 51.6 Å². The molecule has 1 unspecified atom stereocenters. The standard InChI is InChI=1S/C56H77F4N7O18S/c1-3-7-67(84-4-2)55(70)40-31-46-47(64-49(61)33-40)32-42(37-63-46)41-30-43(38-62-36-41)86(71,72)66-8-11-83-56(39-66)35-48(56)65-50(68)5-9-73-12-14-75-16-18-77-20-22-79-24-26-81-28-29-82-27-25-80-23-21-78-19-17-76-15-13-74-10-6-51(69)85-54-52(59)44(57)34-45(58)53(54)60/h30-32,34,36-38,48H,3-29,33,35,39H2,1-2H3,(H2,61,64)(H,65,68)/t48-,56?/m1/s1. The van der Waals surface area contributed by atoms with E-state index in [1.807, 2.05) is 6.92 Å². The summed E-state index contributed by atoms with van der Waals surface area (Å²) in [6.07, 6.45) is 6.99. The minimum atomic E-state index is -4.02. The fraction of sp³-hybridized carbons (Fsp3) is 0.607. The summed E-state index contributed by atoms with van der Waals surface area (Å²) >= 11 is 0. The zero-order valence-electron chi connectivity index (χ0n) is 48.4. The van der Waals surface area contributed by atoms with Crippen molar-refractivity contribution in [2.75, 3.05) is 165 Å². The molecule has 30 heteroatoms. The molecule has 1 aliphatic carbocycles. The van der Waals surface area contributed by atoms with Gasteiger partial charge in [0.1, 0.15) is 16.3 Å². The number of esters is 1. The van der Waals surface area contributed by atoms with Gasteiger partial charge in [-0.2, -0.15) is 13.1 Å². The molecule has 1 saturated carbocycles. The molecule has 1 spiro atoms. The van der Waals surface area contributed by atoms with Crippen LogP contribution < -0.4 is 15.8 Å². The molecular weight excluding hydrogens is 1170 g/mol. The Balaban J connectivity index is 0.694. The van der Waals surface area contributed by atoms with Crippen LogP contribution in [0.5, 0.6) is 5.75 Å². The number of aliphatic imine (C=N–C) groups is 1. The second kappa shape index (κ2) is 37.2. The monoisotopic (exact) mass is 1240 g/mol. The Bertz CT molecular complexity index is 2780. The Kier molecular flexibility index (Phi) is 30.0. The molecule has 25 nitrogen and oxygen atoms in total. The average molecular weight is 1240 g/mol. The van der Waals surface area contributed by atoms with Crippen LogP contribution in [0.25, 0.3) is 17.2 Å². The van der Waals surface area contributed by atoms with E-state index in [9.17, 15) is 40.4 Å². The molecule has 1 saturated heterocycles. The van der Waals surface area contributed by atoms with Gasteiger partial charge in [-0.05, 0) is 31.6 Å². The number of rotatable bonds is 43. The molecule has 2 aromatic heterocycles.